The molecule has 0 aromatic heterocycles. The number of halogens is 1. The van der Waals surface area contributed by atoms with Gasteiger partial charge in [0.15, 0.2) is 5.96 Å². The maximum atomic E-state index is 5.96. The summed E-state index contributed by atoms with van der Waals surface area (Å²) < 4.78 is 5.96. The second kappa shape index (κ2) is 11.0. The Balaban J connectivity index is 0.00000225. The zero-order chi connectivity index (χ0) is 16.6. The Hall–Kier alpha value is -0.820. The van der Waals surface area contributed by atoms with E-state index in [1.54, 1.807) is 0 Å². The van der Waals surface area contributed by atoms with Crippen LogP contribution in [0.1, 0.15) is 55.6 Å². The summed E-state index contributed by atoms with van der Waals surface area (Å²) in [4.78, 5) is 4.32. The van der Waals surface area contributed by atoms with Gasteiger partial charge in [0.25, 0.3) is 0 Å². The smallest absolute Gasteiger partial charge is 0.190 e. The molecule has 0 heterocycles. The first-order valence-corrected chi connectivity index (χ1v) is 9.50. The molecule has 0 radical (unpaired) electrons. The number of hydrogen-bond donors (Lipinski definition) is 2. The van der Waals surface area contributed by atoms with Gasteiger partial charge in [-0.2, -0.15) is 0 Å². The van der Waals surface area contributed by atoms with Gasteiger partial charge >= 0.3 is 0 Å². The maximum absolute atomic E-state index is 5.96. The molecular weight excluding hydrogens is 425 g/mol. The Kier molecular flexibility index (Phi) is 9.03. The van der Waals surface area contributed by atoms with E-state index in [-0.39, 0.29) is 24.0 Å². The predicted octanol–water partition coefficient (Wildman–Crippen LogP) is 3.85. The molecule has 4 nitrogen and oxygen atoms in total. The molecule has 0 aliphatic heterocycles. The van der Waals surface area contributed by atoms with E-state index in [2.05, 4.69) is 39.9 Å². The summed E-state index contributed by atoms with van der Waals surface area (Å²) in [5.41, 5.74) is 2.98. The van der Waals surface area contributed by atoms with E-state index in [9.17, 15) is 0 Å². The highest BCUT2D eigenvalue weighted by atomic mass is 127. The summed E-state index contributed by atoms with van der Waals surface area (Å²) in [6.07, 6.45) is 9.27. The SMILES string of the molecule is CN=C(NCCCOC1CCCCC1)NCC1Cc2ccccc21.I. The Morgan fingerprint density at radius 1 is 1.16 bits per heavy atom. The molecule has 1 atom stereocenters. The van der Waals surface area contributed by atoms with Crippen molar-refractivity contribution < 1.29 is 4.74 Å². The molecule has 1 aromatic rings. The highest BCUT2D eigenvalue weighted by Crippen LogP contribution is 2.33. The minimum Gasteiger partial charge on any atom is -0.378 e. The monoisotopic (exact) mass is 457 g/mol. The van der Waals surface area contributed by atoms with Crippen LogP contribution in [0, 0.1) is 0 Å². The fourth-order valence-corrected chi connectivity index (χ4v) is 3.75. The van der Waals surface area contributed by atoms with E-state index in [1.165, 1.54) is 49.7 Å². The topological polar surface area (TPSA) is 45.7 Å². The second-order valence-electron chi connectivity index (χ2n) is 6.96. The highest BCUT2D eigenvalue weighted by Gasteiger charge is 2.25. The van der Waals surface area contributed by atoms with Crippen LogP contribution in [-0.2, 0) is 11.2 Å². The Morgan fingerprint density at radius 2 is 1.96 bits per heavy atom. The molecule has 3 rings (SSSR count). The molecule has 25 heavy (non-hydrogen) atoms. The van der Waals surface area contributed by atoms with E-state index >= 15 is 0 Å². The number of hydrogen-bond acceptors (Lipinski definition) is 2. The molecule has 0 amide bonds. The highest BCUT2D eigenvalue weighted by molar-refractivity contribution is 14.0. The number of nitrogens with zero attached hydrogens (tertiary/aromatic N) is 1. The lowest BCUT2D eigenvalue weighted by Crippen LogP contribution is -2.41. The Bertz CT molecular complexity index is 543. The molecule has 1 saturated carbocycles. The molecule has 0 spiro atoms. The van der Waals surface area contributed by atoms with Crippen molar-refractivity contribution in [2.45, 2.75) is 57.0 Å². The first-order chi connectivity index (χ1) is 11.9. The molecule has 1 unspecified atom stereocenters. The van der Waals surface area contributed by atoms with Crippen LogP contribution in [0.3, 0.4) is 0 Å². The van der Waals surface area contributed by atoms with Gasteiger partial charge in [0, 0.05) is 32.7 Å². The first kappa shape index (κ1) is 20.5. The van der Waals surface area contributed by atoms with Gasteiger partial charge in [-0.25, -0.2) is 0 Å². The van der Waals surface area contributed by atoms with Crippen molar-refractivity contribution in [2.24, 2.45) is 4.99 Å². The molecule has 140 valence electrons. The van der Waals surface area contributed by atoms with Crippen LogP contribution < -0.4 is 10.6 Å². The summed E-state index contributed by atoms with van der Waals surface area (Å²) in [5.74, 6) is 1.52. The van der Waals surface area contributed by atoms with E-state index in [4.69, 9.17) is 4.74 Å². The molecule has 2 N–H and O–H groups in total. The van der Waals surface area contributed by atoms with Crippen molar-refractivity contribution in [2.75, 3.05) is 26.7 Å². The Labute approximate surface area is 169 Å². The quantitative estimate of drug-likeness (QED) is 0.283. The van der Waals surface area contributed by atoms with Gasteiger partial charge in [0.1, 0.15) is 0 Å². The van der Waals surface area contributed by atoms with E-state index in [1.807, 2.05) is 7.05 Å². The van der Waals surface area contributed by atoms with Gasteiger partial charge in [0.2, 0.25) is 0 Å². The van der Waals surface area contributed by atoms with E-state index in [0.717, 1.165) is 32.1 Å². The summed E-state index contributed by atoms with van der Waals surface area (Å²) >= 11 is 0. The molecule has 2 aliphatic rings. The van der Waals surface area contributed by atoms with Crippen LogP contribution in [0.2, 0.25) is 0 Å². The van der Waals surface area contributed by atoms with Gasteiger partial charge in [-0.3, -0.25) is 4.99 Å². The average Bonchev–Trinajstić information content (AvgIpc) is 2.61. The zero-order valence-electron chi connectivity index (χ0n) is 15.3. The lowest BCUT2D eigenvalue weighted by atomic mass is 9.78. The molecule has 1 aromatic carbocycles. The van der Waals surface area contributed by atoms with Gasteiger partial charge in [-0.1, -0.05) is 43.5 Å². The maximum Gasteiger partial charge on any atom is 0.190 e. The van der Waals surface area contributed by atoms with E-state index in [0.29, 0.717) is 12.0 Å². The average molecular weight is 457 g/mol. The number of nitrogens with one attached hydrogen (secondary N) is 2. The van der Waals surface area contributed by atoms with Crippen molar-refractivity contribution in [1.29, 1.82) is 0 Å². The number of rotatable bonds is 7. The lowest BCUT2D eigenvalue weighted by molar-refractivity contribution is 0.0277. The van der Waals surface area contributed by atoms with Crippen molar-refractivity contribution in [3.63, 3.8) is 0 Å². The summed E-state index contributed by atoms with van der Waals surface area (Å²) in [6.45, 7) is 2.72. The first-order valence-electron chi connectivity index (χ1n) is 9.50. The standard InChI is InChI=1S/C20H31N3O.HI/c1-21-20(22-12-7-13-24-18-9-3-2-4-10-18)23-15-17-14-16-8-5-6-11-19(16)17;/h5-6,8,11,17-18H,2-4,7,9-10,12-15H2,1H3,(H2,21,22,23);1H. The third kappa shape index (κ3) is 6.13. The summed E-state index contributed by atoms with van der Waals surface area (Å²) in [5, 5.41) is 6.84. The second-order valence-corrected chi connectivity index (χ2v) is 6.96. The van der Waals surface area contributed by atoms with Crippen LogP contribution in [0.5, 0.6) is 0 Å². The number of benzene rings is 1. The zero-order valence-corrected chi connectivity index (χ0v) is 17.6. The van der Waals surface area contributed by atoms with Gasteiger partial charge in [-0.15, -0.1) is 24.0 Å². The number of aliphatic imine (C=N–C) groups is 1. The van der Waals surface area contributed by atoms with Crippen molar-refractivity contribution in [3.05, 3.63) is 35.4 Å². The van der Waals surface area contributed by atoms with Crippen molar-refractivity contribution in [3.8, 4) is 0 Å². The molecule has 0 saturated heterocycles. The third-order valence-corrected chi connectivity index (χ3v) is 5.22. The van der Waals surface area contributed by atoms with Crippen LogP contribution in [0.25, 0.3) is 0 Å². The number of guanidine groups is 1. The van der Waals surface area contributed by atoms with Crippen LogP contribution >= 0.6 is 24.0 Å². The molecule has 1 fully saturated rings. The van der Waals surface area contributed by atoms with E-state index < -0.39 is 0 Å². The molecule has 2 aliphatic carbocycles. The molecular formula is C20H32IN3O. The largest absolute Gasteiger partial charge is 0.378 e. The predicted molar refractivity (Wildman–Crippen MR) is 115 cm³/mol. The fraction of sp³-hybridized carbons (Fsp3) is 0.650. The summed E-state index contributed by atoms with van der Waals surface area (Å²) in [6, 6.07) is 8.72. The lowest BCUT2D eigenvalue weighted by Gasteiger charge is -2.30. The summed E-state index contributed by atoms with van der Waals surface area (Å²) in [7, 11) is 1.84. The van der Waals surface area contributed by atoms with Crippen LogP contribution in [0.15, 0.2) is 29.3 Å². The van der Waals surface area contributed by atoms with Gasteiger partial charge in [0.05, 0.1) is 6.10 Å². The van der Waals surface area contributed by atoms with Gasteiger partial charge < -0.3 is 15.4 Å². The van der Waals surface area contributed by atoms with Crippen molar-refractivity contribution >= 4 is 29.9 Å². The number of fused-ring (bicyclic) bond motifs is 1. The minimum absolute atomic E-state index is 0. The minimum atomic E-state index is 0. The molecule has 5 heteroatoms. The number of ether oxygens (including phenoxy) is 1. The third-order valence-electron chi connectivity index (χ3n) is 5.22. The van der Waals surface area contributed by atoms with Crippen molar-refractivity contribution in [1.82, 2.24) is 10.6 Å². The molecule has 0 bridgehead atoms. The Morgan fingerprint density at radius 3 is 2.72 bits per heavy atom. The fourth-order valence-electron chi connectivity index (χ4n) is 3.75. The normalized spacial score (nSPS) is 20.2. The van der Waals surface area contributed by atoms with Crippen LogP contribution in [-0.4, -0.2) is 38.8 Å². The van der Waals surface area contributed by atoms with Crippen LogP contribution in [0.4, 0.5) is 0 Å². The van der Waals surface area contributed by atoms with Gasteiger partial charge in [-0.05, 0) is 36.8 Å².